The molecule has 0 amide bonds. The molecule has 1 aromatic heterocycles. The third kappa shape index (κ3) is 2.09. The Balaban J connectivity index is 2.17. The van der Waals surface area contributed by atoms with Gasteiger partial charge in [-0.1, -0.05) is 12.1 Å². The van der Waals surface area contributed by atoms with E-state index in [9.17, 15) is 4.79 Å². The van der Waals surface area contributed by atoms with Crippen molar-refractivity contribution >= 4 is 5.97 Å². The Kier molecular flexibility index (Phi) is 2.96. The third-order valence-corrected chi connectivity index (χ3v) is 3.02. The molecule has 0 saturated carbocycles. The average molecular weight is 224 g/mol. The second-order valence-corrected chi connectivity index (χ2v) is 4.46. The third-order valence-electron chi connectivity index (χ3n) is 3.02. The maximum atomic E-state index is 10.8. The lowest BCUT2D eigenvalue weighted by molar-refractivity contribution is -0.141. The summed E-state index contributed by atoms with van der Waals surface area (Å²) in [4.78, 5) is 13.0. The van der Waals surface area contributed by atoms with Crippen LogP contribution in [0.2, 0.25) is 0 Å². The summed E-state index contributed by atoms with van der Waals surface area (Å²) >= 11 is 0. The number of hydrogen-bond donors (Lipinski definition) is 1. The second kappa shape index (κ2) is 4.25. The Bertz CT molecular complexity index is 400. The fraction of sp³-hybridized carbons (Fsp3) is 0.636. The quantitative estimate of drug-likeness (QED) is 0.827. The molecule has 1 unspecified atom stereocenters. The van der Waals surface area contributed by atoms with Crippen molar-refractivity contribution in [1.82, 2.24) is 10.1 Å². The molecule has 1 aliphatic heterocycles. The van der Waals surface area contributed by atoms with E-state index < -0.39 is 11.9 Å². The van der Waals surface area contributed by atoms with Crippen LogP contribution in [0.15, 0.2) is 4.52 Å². The van der Waals surface area contributed by atoms with Crippen molar-refractivity contribution in [3.63, 3.8) is 0 Å². The van der Waals surface area contributed by atoms with Gasteiger partial charge in [0.05, 0.1) is 11.6 Å². The topological polar surface area (TPSA) is 66.6 Å². The van der Waals surface area contributed by atoms with Crippen LogP contribution in [0.3, 0.4) is 0 Å². The van der Waals surface area contributed by atoms with Crippen LogP contribution in [0.4, 0.5) is 0 Å². The summed E-state index contributed by atoms with van der Waals surface area (Å²) in [5.41, 5.74) is 2.08. The molecule has 1 aromatic rings. The van der Waals surface area contributed by atoms with Crippen molar-refractivity contribution in [2.75, 3.05) is 13.6 Å². The smallest absolute Gasteiger partial charge is 0.306 e. The van der Waals surface area contributed by atoms with Crippen LogP contribution in [-0.2, 0) is 24.2 Å². The van der Waals surface area contributed by atoms with E-state index in [4.69, 9.17) is 9.63 Å². The van der Waals surface area contributed by atoms with Crippen LogP contribution in [0.1, 0.15) is 23.9 Å². The molecule has 88 valence electrons. The highest BCUT2D eigenvalue weighted by molar-refractivity contribution is 5.69. The van der Waals surface area contributed by atoms with Crippen molar-refractivity contribution in [3.05, 3.63) is 17.0 Å². The Labute approximate surface area is 94.0 Å². The van der Waals surface area contributed by atoms with Gasteiger partial charge in [-0.25, -0.2) is 0 Å². The summed E-state index contributed by atoms with van der Waals surface area (Å²) in [7, 11) is 2.04. The van der Waals surface area contributed by atoms with Gasteiger partial charge in [-0.3, -0.25) is 4.79 Å². The molecule has 0 saturated heterocycles. The SMILES string of the molecule is CC(Cc1onc2c1CN(C)CC2)C(=O)O. The normalized spacial score (nSPS) is 18.1. The Morgan fingerprint density at radius 1 is 1.69 bits per heavy atom. The van der Waals surface area contributed by atoms with Gasteiger partial charge in [-0.05, 0) is 7.05 Å². The van der Waals surface area contributed by atoms with Crippen LogP contribution >= 0.6 is 0 Å². The number of fused-ring (bicyclic) bond motifs is 1. The Hall–Kier alpha value is -1.36. The zero-order chi connectivity index (χ0) is 11.7. The molecule has 1 N–H and O–H groups in total. The standard InChI is InChI=1S/C11H16N2O3/c1-7(11(14)15)5-10-8-6-13(2)4-3-9(8)12-16-10/h7H,3-6H2,1-2H3,(H,14,15). The van der Waals surface area contributed by atoms with Crippen molar-refractivity contribution in [2.45, 2.75) is 26.3 Å². The molecular weight excluding hydrogens is 208 g/mol. The molecule has 5 heteroatoms. The number of likely N-dealkylation sites (N-methyl/N-ethyl adjacent to an activating group) is 1. The molecule has 2 rings (SSSR count). The van der Waals surface area contributed by atoms with Crippen LogP contribution in [0.5, 0.6) is 0 Å². The second-order valence-electron chi connectivity index (χ2n) is 4.46. The average Bonchev–Trinajstić information content (AvgIpc) is 2.61. The molecule has 0 fully saturated rings. The van der Waals surface area contributed by atoms with Gasteiger partial charge >= 0.3 is 5.97 Å². The number of rotatable bonds is 3. The highest BCUT2D eigenvalue weighted by Gasteiger charge is 2.24. The van der Waals surface area contributed by atoms with Gasteiger partial charge in [0.2, 0.25) is 0 Å². The molecule has 0 aliphatic carbocycles. The maximum absolute atomic E-state index is 10.8. The number of carboxylic acid groups (broad SMARTS) is 1. The van der Waals surface area contributed by atoms with Crippen molar-refractivity contribution in [3.8, 4) is 0 Å². The number of hydrogen-bond acceptors (Lipinski definition) is 4. The van der Waals surface area contributed by atoms with Gasteiger partial charge in [-0.15, -0.1) is 0 Å². The Morgan fingerprint density at radius 2 is 2.44 bits per heavy atom. The minimum absolute atomic E-state index is 0.422. The number of carbonyl (C=O) groups is 1. The predicted octanol–water partition coefficient (Wildman–Crippen LogP) is 0.926. The van der Waals surface area contributed by atoms with Crippen LogP contribution in [0, 0.1) is 5.92 Å². The zero-order valence-electron chi connectivity index (χ0n) is 9.56. The number of carboxylic acids is 1. The summed E-state index contributed by atoms with van der Waals surface area (Å²) in [6, 6.07) is 0. The van der Waals surface area contributed by atoms with E-state index in [-0.39, 0.29) is 0 Å². The lowest BCUT2D eigenvalue weighted by atomic mass is 10.00. The van der Waals surface area contributed by atoms with E-state index in [0.717, 1.165) is 36.5 Å². The zero-order valence-corrected chi connectivity index (χ0v) is 9.56. The predicted molar refractivity (Wildman–Crippen MR) is 57.0 cm³/mol. The van der Waals surface area contributed by atoms with Crippen LogP contribution in [0.25, 0.3) is 0 Å². The fourth-order valence-corrected chi connectivity index (χ4v) is 1.93. The minimum Gasteiger partial charge on any atom is -0.481 e. The molecule has 5 nitrogen and oxygen atoms in total. The van der Waals surface area contributed by atoms with Gasteiger partial charge < -0.3 is 14.5 Å². The fourth-order valence-electron chi connectivity index (χ4n) is 1.93. The molecule has 0 radical (unpaired) electrons. The van der Waals surface area contributed by atoms with Crippen LogP contribution in [-0.4, -0.2) is 34.7 Å². The first-order chi connectivity index (χ1) is 7.58. The van der Waals surface area contributed by atoms with E-state index in [1.165, 1.54) is 0 Å². The number of aromatic nitrogens is 1. The van der Waals surface area contributed by atoms with Gasteiger partial charge in [-0.2, -0.15) is 0 Å². The lowest BCUT2D eigenvalue weighted by Crippen LogP contribution is -2.27. The van der Waals surface area contributed by atoms with Crippen molar-refractivity contribution in [2.24, 2.45) is 5.92 Å². The van der Waals surface area contributed by atoms with Gasteiger partial charge in [0, 0.05) is 31.5 Å². The molecule has 0 bridgehead atoms. The monoisotopic (exact) mass is 224 g/mol. The highest BCUT2D eigenvalue weighted by Crippen LogP contribution is 2.23. The van der Waals surface area contributed by atoms with E-state index in [1.54, 1.807) is 6.92 Å². The minimum atomic E-state index is -0.797. The summed E-state index contributed by atoms with van der Waals surface area (Å²) in [5.74, 6) is -0.491. The maximum Gasteiger partial charge on any atom is 0.306 e. The Morgan fingerprint density at radius 3 is 3.12 bits per heavy atom. The molecule has 1 atom stereocenters. The largest absolute Gasteiger partial charge is 0.481 e. The van der Waals surface area contributed by atoms with Gasteiger partial charge in [0.15, 0.2) is 0 Å². The summed E-state index contributed by atoms with van der Waals surface area (Å²) < 4.78 is 5.25. The first kappa shape index (κ1) is 11.1. The van der Waals surface area contributed by atoms with Gasteiger partial charge in [0.1, 0.15) is 5.76 Å². The summed E-state index contributed by atoms with van der Waals surface area (Å²) in [6.07, 6.45) is 1.31. The van der Waals surface area contributed by atoms with Crippen molar-refractivity contribution in [1.29, 1.82) is 0 Å². The van der Waals surface area contributed by atoms with Gasteiger partial charge in [0.25, 0.3) is 0 Å². The first-order valence-corrected chi connectivity index (χ1v) is 5.45. The molecular formula is C11H16N2O3. The first-order valence-electron chi connectivity index (χ1n) is 5.45. The van der Waals surface area contributed by atoms with E-state index >= 15 is 0 Å². The molecule has 1 aliphatic rings. The highest BCUT2D eigenvalue weighted by atomic mass is 16.5. The summed E-state index contributed by atoms with van der Waals surface area (Å²) in [6.45, 7) is 3.47. The number of nitrogens with zero attached hydrogens (tertiary/aromatic N) is 2. The van der Waals surface area contributed by atoms with E-state index in [1.807, 2.05) is 7.05 Å². The van der Waals surface area contributed by atoms with E-state index in [2.05, 4.69) is 10.1 Å². The lowest BCUT2D eigenvalue weighted by Gasteiger charge is -2.21. The molecule has 2 heterocycles. The van der Waals surface area contributed by atoms with E-state index in [0.29, 0.717) is 6.42 Å². The molecule has 16 heavy (non-hydrogen) atoms. The van der Waals surface area contributed by atoms with Crippen molar-refractivity contribution < 1.29 is 14.4 Å². The molecule has 0 aromatic carbocycles. The van der Waals surface area contributed by atoms with Crippen LogP contribution < -0.4 is 0 Å². The number of aliphatic carboxylic acids is 1. The molecule has 0 spiro atoms. The summed E-state index contributed by atoms with van der Waals surface area (Å²) in [5, 5.41) is 12.9.